The number of sulfone groups is 1. The SMILES string of the molecule is CC(C)Cn1c(=O)c(-c2ccc(Cl)cc2)cc2cnc(Nc3cccc(S(C)(=O)=O)c3)nc21. The summed E-state index contributed by atoms with van der Waals surface area (Å²) in [7, 11) is -3.35. The van der Waals surface area contributed by atoms with Crippen LogP contribution in [0, 0.1) is 5.92 Å². The maximum absolute atomic E-state index is 13.4. The van der Waals surface area contributed by atoms with Crippen molar-refractivity contribution >= 4 is 44.1 Å². The van der Waals surface area contributed by atoms with E-state index in [1.807, 2.05) is 26.0 Å². The topological polar surface area (TPSA) is 94.0 Å². The Labute approximate surface area is 197 Å². The summed E-state index contributed by atoms with van der Waals surface area (Å²) in [6.07, 6.45) is 2.81. The first-order chi connectivity index (χ1) is 15.6. The second-order valence-electron chi connectivity index (χ2n) is 8.27. The number of benzene rings is 2. The number of rotatable bonds is 6. The number of pyridine rings is 1. The first-order valence-corrected chi connectivity index (χ1v) is 12.6. The van der Waals surface area contributed by atoms with E-state index in [0.29, 0.717) is 28.5 Å². The Balaban J connectivity index is 1.82. The van der Waals surface area contributed by atoms with Gasteiger partial charge in [0.2, 0.25) is 5.95 Å². The number of fused-ring (bicyclic) bond motifs is 1. The maximum atomic E-state index is 13.4. The van der Waals surface area contributed by atoms with Crippen LogP contribution in [-0.2, 0) is 16.4 Å². The number of halogens is 1. The molecule has 0 spiro atoms. The van der Waals surface area contributed by atoms with Gasteiger partial charge < -0.3 is 5.32 Å². The molecule has 0 amide bonds. The Hall–Kier alpha value is -3.23. The van der Waals surface area contributed by atoms with Crippen LogP contribution in [0.1, 0.15) is 13.8 Å². The molecule has 0 fully saturated rings. The summed E-state index contributed by atoms with van der Waals surface area (Å²) in [5.74, 6) is 0.480. The molecule has 33 heavy (non-hydrogen) atoms. The molecule has 7 nitrogen and oxygen atoms in total. The second-order valence-corrected chi connectivity index (χ2v) is 10.7. The van der Waals surface area contributed by atoms with Crippen LogP contribution < -0.4 is 10.9 Å². The van der Waals surface area contributed by atoms with Crippen LogP contribution in [0.4, 0.5) is 11.6 Å². The molecule has 2 aromatic carbocycles. The summed E-state index contributed by atoms with van der Waals surface area (Å²) in [4.78, 5) is 22.6. The summed E-state index contributed by atoms with van der Waals surface area (Å²) in [6.45, 7) is 4.55. The molecule has 0 radical (unpaired) electrons. The van der Waals surface area contributed by atoms with Crippen LogP contribution in [0.3, 0.4) is 0 Å². The van der Waals surface area contributed by atoms with Crippen molar-refractivity contribution < 1.29 is 8.42 Å². The van der Waals surface area contributed by atoms with Crippen molar-refractivity contribution in [3.05, 3.63) is 76.2 Å². The van der Waals surface area contributed by atoms with Crippen molar-refractivity contribution in [3.8, 4) is 11.1 Å². The predicted octanol–water partition coefficient (Wildman–Crippen LogP) is 4.92. The van der Waals surface area contributed by atoms with E-state index in [-0.39, 0.29) is 22.3 Å². The molecule has 0 atom stereocenters. The molecule has 2 heterocycles. The molecule has 9 heteroatoms. The van der Waals surface area contributed by atoms with Crippen LogP contribution in [-0.4, -0.2) is 29.2 Å². The third kappa shape index (κ3) is 5.07. The Morgan fingerprint density at radius 2 is 1.82 bits per heavy atom. The molecule has 0 saturated heterocycles. The van der Waals surface area contributed by atoms with Crippen LogP contribution in [0.5, 0.6) is 0 Å². The molecular formula is C24H23ClN4O3S. The highest BCUT2D eigenvalue weighted by Crippen LogP contribution is 2.24. The minimum atomic E-state index is -3.35. The molecule has 0 aliphatic rings. The predicted molar refractivity (Wildman–Crippen MR) is 132 cm³/mol. The molecule has 2 aromatic heterocycles. The average Bonchev–Trinajstić information content (AvgIpc) is 2.76. The van der Waals surface area contributed by atoms with Gasteiger partial charge in [0.25, 0.3) is 5.56 Å². The summed E-state index contributed by atoms with van der Waals surface area (Å²) >= 11 is 6.01. The van der Waals surface area contributed by atoms with E-state index < -0.39 is 9.84 Å². The van der Waals surface area contributed by atoms with Gasteiger partial charge in [0.05, 0.1) is 4.90 Å². The van der Waals surface area contributed by atoms with Gasteiger partial charge in [0.15, 0.2) is 9.84 Å². The number of nitrogens with zero attached hydrogens (tertiary/aromatic N) is 3. The van der Waals surface area contributed by atoms with Gasteiger partial charge in [-0.2, -0.15) is 4.98 Å². The number of hydrogen-bond acceptors (Lipinski definition) is 6. The van der Waals surface area contributed by atoms with Crippen molar-refractivity contribution in [2.75, 3.05) is 11.6 Å². The highest BCUT2D eigenvalue weighted by Gasteiger charge is 2.15. The number of hydrogen-bond donors (Lipinski definition) is 1. The number of anilines is 2. The van der Waals surface area contributed by atoms with Crippen molar-refractivity contribution in [1.82, 2.24) is 14.5 Å². The zero-order valence-corrected chi connectivity index (χ0v) is 20.0. The normalized spacial score (nSPS) is 11.8. The van der Waals surface area contributed by atoms with Crippen LogP contribution in [0.15, 0.2) is 70.5 Å². The third-order valence-corrected chi connectivity index (χ3v) is 6.41. The fraction of sp³-hybridized carbons (Fsp3) is 0.208. The lowest BCUT2D eigenvalue weighted by atomic mass is 10.1. The van der Waals surface area contributed by atoms with Gasteiger partial charge in [-0.25, -0.2) is 13.4 Å². The number of aromatic nitrogens is 3. The second kappa shape index (κ2) is 8.96. The molecular weight excluding hydrogens is 460 g/mol. The van der Waals surface area contributed by atoms with Crippen molar-refractivity contribution in [2.45, 2.75) is 25.3 Å². The monoisotopic (exact) mass is 482 g/mol. The molecule has 0 aliphatic heterocycles. The van der Waals surface area contributed by atoms with Crippen molar-refractivity contribution in [1.29, 1.82) is 0 Å². The van der Waals surface area contributed by atoms with E-state index in [9.17, 15) is 13.2 Å². The molecule has 0 saturated carbocycles. The standard InChI is InChI=1S/C24H23ClN4O3S/c1-15(2)14-29-22-17(11-21(23(29)30)16-7-9-18(25)10-8-16)13-26-24(28-22)27-19-5-4-6-20(12-19)33(3,31)32/h4-13,15H,14H2,1-3H3,(H,26,27,28). The highest BCUT2D eigenvalue weighted by molar-refractivity contribution is 7.90. The fourth-order valence-electron chi connectivity index (χ4n) is 3.52. The summed E-state index contributed by atoms with van der Waals surface area (Å²) in [5.41, 5.74) is 2.20. The van der Waals surface area contributed by atoms with Crippen molar-refractivity contribution in [2.24, 2.45) is 5.92 Å². The first-order valence-electron chi connectivity index (χ1n) is 10.4. The zero-order chi connectivity index (χ0) is 23.8. The molecule has 0 aliphatic carbocycles. The largest absolute Gasteiger partial charge is 0.324 e. The lowest BCUT2D eigenvalue weighted by Crippen LogP contribution is -2.25. The molecule has 0 bridgehead atoms. The molecule has 4 aromatic rings. The maximum Gasteiger partial charge on any atom is 0.260 e. The quantitative estimate of drug-likeness (QED) is 0.419. The average molecular weight is 483 g/mol. The number of nitrogens with one attached hydrogen (secondary N) is 1. The van der Waals surface area contributed by atoms with E-state index >= 15 is 0 Å². The van der Waals surface area contributed by atoms with Crippen LogP contribution >= 0.6 is 11.6 Å². The third-order valence-electron chi connectivity index (χ3n) is 5.05. The van der Waals surface area contributed by atoms with E-state index in [2.05, 4.69) is 15.3 Å². The van der Waals surface area contributed by atoms with E-state index in [0.717, 1.165) is 17.2 Å². The molecule has 0 unspecified atom stereocenters. The Kier molecular flexibility index (Phi) is 6.23. The van der Waals surface area contributed by atoms with E-state index in [4.69, 9.17) is 11.6 Å². The summed E-state index contributed by atoms with van der Waals surface area (Å²) in [5, 5.41) is 4.36. The summed E-state index contributed by atoms with van der Waals surface area (Å²) in [6, 6.07) is 15.3. The Bertz CT molecular complexity index is 1500. The fourth-order valence-corrected chi connectivity index (χ4v) is 4.32. The van der Waals surface area contributed by atoms with Gasteiger partial charge in [-0.05, 0) is 47.9 Å². The van der Waals surface area contributed by atoms with E-state index in [1.165, 1.54) is 12.1 Å². The zero-order valence-electron chi connectivity index (χ0n) is 18.4. The first kappa shape index (κ1) is 22.9. The van der Waals surface area contributed by atoms with Crippen LogP contribution in [0.2, 0.25) is 5.02 Å². The van der Waals surface area contributed by atoms with Gasteiger partial charge in [0, 0.05) is 40.7 Å². The minimum absolute atomic E-state index is 0.151. The summed E-state index contributed by atoms with van der Waals surface area (Å²) < 4.78 is 25.4. The van der Waals surface area contributed by atoms with Gasteiger partial charge in [0.1, 0.15) is 5.65 Å². The van der Waals surface area contributed by atoms with E-state index in [1.54, 1.807) is 41.1 Å². The highest BCUT2D eigenvalue weighted by atomic mass is 35.5. The molecule has 1 N–H and O–H groups in total. The lowest BCUT2D eigenvalue weighted by Gasteiger charge is -2.15. The van der Waals surface area contributed by atoms with Gasteiger partial charge in [-0.15, -0.1) is 0 Å². The van der Waals surface area contributed by atoms with Crippen molar-refractivity contribution in [3.63, 3.8) is 0 Å². The molecule has 4 rings (SSSR count). The lowest BCUT2D eigenvalue weighted by molar-refractivity contribution is 0.521. The Morgan fingerprint density at radius 3 is 2.48 bits per heavy atom. The van der Waals surface area contributed by atoms with Gasteiger partial charge in [-0.3, -0.25) is 9.36 Å². The van der Waals surface area contributed by atoms with Crippen LogP contribution in [0.25, 0.3) is 22.2 Å². The van der Waals surface area contributed by atoms with Gasteiger partial charge >= 0.3 is 0 Å². The molecule has 170 valence electrons. The van der Waals surface area contributed by atoms with Gasteiger partial charge in [-0.1, -0.05) is 43.6 Å². The smallest absolute Gasteiger partial charge is 0.260 e. The minimum Gasteiger partial charge on any atom is -0.324 e. The Morgan fingerprint density at radius 1 is 1.09 bits per heavy atom.